The summed E-state index contributed by atoms with van der Waals surface area (Å²) in [5.41, 5.74) is 2.64. The summed E-state index contributed by atoms with van der Waals surface area (Å²) in [6.45, 7) is 12.8. The number of allylic oxidation sites excluding steroid dienone is 2. The van der Waals surface area contributed by atoms with Crippen LogP contribution in [0.1, 0.15) is 88.2 Å². The molecule has 1 unspecified atom stereocenters. The average Bonchev–Trinajstić information content (AvgIpc) is 2.66. The lowest BCUT2D eigenvalue weighted by Gasteiger charge is -2.47. The molecule has 0 saturated carbocycles. The van der Waals surface area contributed by atoms with Crippen molar-refractivity contribution in [2.45, 2.75) is 66.7 Å². The molecule has 2 aromatic rings. The highest BCUT2D eigenvalue weighted by atomic mass is 16.5. The van der Waals surface area contributed by atoms with Crippen LogP contribution in [0.2, 0.25) is 0 Å². The maximum Gasteiger partial charge on any atom is 0.170 e. The van der Waals surface area contributed by atoms with Gasteiger partial charge in [0.05, 0.1) is 0 Å². The molecule has 170 valence electrons. The third kappa shape index (κ3) is 3.80. The summed E-state index contributed by atoms with van der Waals surface area (Å²) in [6, 6.07) is 11.6. The van der Waals surface area contributed by atoms with Gasteiger partial charge in [0.25, 0.3) is 0 Å². The molecule has 2 aromatic carbocycles. The Labute approximate surface area is 190 Å². The molecular weight excluding hydrogens is 400 g/mol. The van der Waals surface area contributed by atoms with Gasteiger partial charge in [-0.25, -0.2) is 0 Å². The third-order valence-electron chi connectivity index (χ3n) is 6.63. The van der Waals surface area contributed by atoms with Gasteiger partial charge < -0.3 is 14.9 Å². The van der Waals surface area contributed by atoms with E-state index >= 15 is 0 Å². The van der Waals surface area contributed by atoms with Gasteiger partial charge in [-0.1, -0.05) is 71.9 Å². The van der Waals surface area contributed by atoms with Gasteiger partial charge in [0.2, 0.25) is 0 Å². The number of fused-ring (bicyclic) bond motifs is 1. The molecule has 0 fully saturated rings. The summed E-state index contributed by atoms with van der Waals surface area (Å²) in [5, 5.41) is 22.1. The average molecular weight is 435 g/mol. The summed E-state index contributed by atoms with van der Waals surface area (Å²) in [7, 11) is 0. The van der Waals surface area contributed by atoms with Crippen molar-refractivity contribution < 1.29 is 19.7 Å². The van der Waals surface area contributed by atoms with Gasteiger partial charge in [0.1, 0.15) is 28.6 Å². The van der Waals surface area contributed by atoms with Crippen LogP contribution in [0.15, 0.2) is 47.7 Å². The minimum atomic E-state index is -0.256. The van der Waals surface area contributed by atoms with E-state index in [-0.39, 0.29) is 51.9 Å². The Morgan fingerprint density at radius 1 is 1.12 bits per heavy atom. The summed E-state index contributed by atoms with van der Waals surface area (Å²) < 4.78 is 6.42. The molecule has 2 aliphatic rings. The minimum absolute atomic E-state index is 0.000334. The Balaban J connectivity index is 1.99. The lowest BCUT2D eigenvalue weighted by Crippen LogP contribution is -2.37. The molecule has 0 radical (unpaired) electrons. The summed E-state index contributed by atoms with van der Waals surface area (Å²) in [5.74, 6) is 0.588. The van der Waals surface area contributed by atoms with E-state index in [1.54, 1.807) is 0 Å². The Morgan fingerprint density at radius 3 is 2.41 bits per heavy atom. The zero-order valence-electron chi connectivity index (χ0n) is 20.0. The van der Waals surface area contributed by atoms with Gasteiger partial charge in [-0.05, 0) is 35.3 Å². The number of carbonyl (C=O) groups excluding carboxylic acids is 1. The van der Waals surface area contributed by atoms with E-state index in [1.165, 1.54) is 6.07 Å². The van der Waals surface area contributed by atoms with E-state index in [4.69, 9.17) is 4.74 Å². The fourth-order valence-corrected chi connectivity index (χ4v) is 5.86. The summed E-state index contributed by atoms with van der Waals surface area (Å²) >= 11 is 0. The van der Waals surface area contributed by atoms with Crippen molar-refractivity contribution in [3.8, 4) is 17.2 Å². The molecule has 4 nitrogen and oxygen atoms in total. The quantitative estimate of drug-likeness (QED) is 0.511. The van der Waals surface area contributed by atoms with Gasteiger partial charge in [0.15, 0.2) is 5.78 Å². The number of phenols is 2. The predicted octanol–water partition coefficient (Wildman–Crippen LogP) is 6.95. The van der Waals surface area contributed by atoms with Crippen LogP contribution >= 0.6 is 0 Å². The van der Waals surface area contributed by atoms with Crippen LogP contribution < -0.4 is 4.74 Å². The summed E-state index contributed by atoms with van der Waals surface area (Å²) in [4.78, 5) is 12.9. The molecule has 1 atom stereocenters. The van der Waals surface area contributed by atoms with Crippen LogP contribution in [-0.2, 0) is 0 Å². The zero-order chi connectivity index (χ0) is 23.4. The Morgan fingerprint density at radius 2 is 1.78 bits per heavy atom. The SMILES string of the molecule is CC(C)CC(=O)c1c(O)cc2c(c1O)C(c1ccccc1)C1=C(O2)C(C)(C)CC(C)(C)C1. The van der Waals surface area contributed by atoms with E-state index in [0.717, 1.165) is 29.7 Å². The largest absolute Gasteiger partial charge is 0.507 e. The third-order valence-corrected chi connectivity index (χ3v) is 6.63. The van der Waals surface area contributed by atoms with Crippen molar-refractivity contribution in [1.82, 2.24) is 0 Å². The van der Waals surface area contributed by atoms with Crippen LogP contribution in [0, 0.1) is 16.7 Å². The zero-order valence-corrected chi connectivity index (χ0v) is 20.0. The molecule has 0 spiro atoms. The molecule has 1 aliphatic carbocycles. The molecule has 2 N–H and O–H groups in total. The van der Waals surface area contributed by atoms with Crippen LogP contribution in [0.25, 0.3) is 0 Å². The van der Waals surface area contributed by atoms with Gasteiger partial charge in [0, 0.05) is 29.4 Å². The molecule has 4 rings (SSSR count). The number of rotatable bonds is 4. The fraction of sp³-hybridized carbons (Fsp3) is 0.464. The maximum absolute atomic E-state index is 12.9. The number of Topliss-reactive ketones (excluding diaryl/α,β-unsaturated/α-hetero) is 1. The van der Waals surface area contributed by atoms with Gasteiger partial charge in [-0.15, -0.1) is 0 Å². The van der Waals surface area contributed by atoms with Crippen molar-refractivity contribution in [2.24, 2.45) is 16.7 Å². The molecule has 0 bridgehead atoms. The predicted molar refractivity (Wildman–Crippen MR) is 126 cm³/mol. The van der Waals surface area contributed by atoms with Gasteiger partial charge >= 0.3 is 0 Å². The number of ketones is 1. The number of aromatic hydroxyl groups is 2. The molecular formula is C28H34O4. The van der Waals surface area contributed by atoms with Crippen LogP contribution in [0.5, 0.6) is 17.2 Å². The number of benzene rings is 2. The number of ether oxygens (including phenoxy) is 1. The maximum atomic E-state index is 12.9. The van der Waals surface area contributed by atoms with Crippen LogP contribution in [0.4, 0.5) is 0 Å². The van der Waals surface area contributed by atoms with E-state index in [1.807, 2.05) is 32.0 Å². The lowest BCUT2D eigenvalue weighted by molar-refractivity contribution is 0.0961. The van der Waals surface area contributed by atoms with E-state index in [2.05, 4.69) is 39.8 Å². The molecule has 0 aromatic heterocycles. The molecule has 0 amide bonds. The first-order chi connectivity index (χ1) is 14.9. The minimum Gasteiger partial charge on any atom is -0.507 e. The highest BCUT2D eigenvalue weighted by molar-refractivity contribution is 6.02. The van der Waals surface area contributed by atoms with E-state index < -0.39 is 0 Å². The highest BCUT2D eigenvalue weighted by Crippen LogP contribution is 2.59. The lowest BCUT2D eigenvalue weighted by atomic mass is 9.61. The highest BCUT2D eigenvalue weighted by Gasteiger charge is 2.47. The standard InChI is InChI=1S/C28H34O4/c1-16(2)12-19(29)23-20(30)13-21-24(25(23)31)22(17-10-8-7-9-11-17)18-14-27(3,4)15-28(5,6)26(18)32-21/h7-11,13,16,22,30-31H,12,14-15H2,1-6H3. The smallest absolute Gasteiger partial charge is 0.170 e. The Kier molecular flexibility index (Phi) is 5.39. The van der Waals surface area contributed by atoms with Crippen molar-refractivity contribution in [2.75, 3.05) is 0 Å². The second-order valence-corrected chi connectivity index (χ2v) is 11.3. The van der Waals surface area contributed by atoms with E-state index in [0.29, 0.717) is 11.3 Å². The molecule has 32 heavy (non-hydrogen) atoms. The number of phenolic OH excluding ortho intramolecular Hbond substituents is 2. The molecule has 0 saturated heterocycles. The van der Waals surface area contributed by atoms with Crippen LogP contribution in [-0.4, -0.2) is 16.0 Å². The van der Waals surface area contributed by atoms with Gasteiger partial charge in [-0.2, -0.15) is 0 Å². The second kappa shape index (κ2) is 7.68. The molecule has 1 heterocycles. The summed E-state index contributed by atoms with van der Waals surface area (Å²) in [6.07, 6.45) is 2.06. The topological polar surface area (TPSA) is 66.8 Å². The van der Waals surface area contributed by atoms with Crippen molar-refractivity contribution >= 4 is 5.78 Å². The van der Waals surface area contributed by atoms with Crippen LogP contribution in [0.3, 0.4) is 0 Å². The molecule has 1 aliphatic heterocycles. The second-order valence-electron chi connectivity index (χ2n) is 11.3. The van der Waals surface area contributed by atoms with E-state index in [9.17, 15) is 15.0 Å². The monoisotopic (exact) mass is 434 g/mol. The van der Waals surface area contributed by atoms with Crippen molar-refractivity contribution in [1.29, 1.82) is 0 Å². The molecule has 4 heteroatoms. The Hall–Kier alpha value is -2.75. The number of hydrogen-bond donors (Lipinski definition) is 2. The van der Waals surface area contributed by atoms with Crippen molar-refractivity contribution in [3.05, 3.63) is 64.4 Å². The number of hydrogen-bond acceptors (Lipinski definition) is 4. The number of carbonyl (C=O) groups is 1. The first kappa shape index (κ1) is 22.4. The first-order valence-electron chi connectivity index (χ1n) is 11.5. The van der Waals surface area contributed by atoms with Crippen molar-refractivity contribution in [3.63, 3.8) is 0 Å². The fourth-order valence-electron chi connectivity index (χ4n) is 5.86. The van der Waals surface area contributed by atoms with Gasteiger partial charge in [-0.3, -0.25) is 4.79 Å². The first-order valence-corrected chi connectivity index (χ1v) is 11.5. The Bertz CT molecular complexity index is 1090. The normalized spacial score (nSPS) is 21.0.